The van der Waals surface area contributed by atoms with Gasteiger partial charge in [-0.25, -0.2) is 0 Å². The Morgan fingerprint density at radius 2 is 1.00 bits per heavy atom. The van der Waals surface area contributed by atoms with Crippen LogP contribution in [0.5, 0.6) is 0 Å². The van der Waals surface area contributed by atoms with Crippen LogP contribution < -0.4 is 9.80 Å². The Labute approximate surface area is 324 Å². The molecule has 0 fully saturated rings. The van der Waals surface area contributed by atoms with Crippen LogP contribution in [0.4, 0.5) is 34.1 Å². The minimum absolute atomic E-state index is 0.0467. The Bertz CT molecular complexity index is 2750. The molecule has 2 nitrogen and oxygen atoms in total. The van der Waals surface area contributed by atoms with Crippen LogP contribution in [0.2, 0.25) is 0 Å². The van der Waals surface area contributed by atoms with E-state index in [9.17, 15) is 0 Å². The second-order valence-corrected chi connectivity index (χ2v) is 16.6. The molecule has 0 saturated heterocycles. The molecule has 266 valence electrons. The molecule has 0 saturated carbocycles. The average molecular weight is 709 g/mol. The van der Waals surface area contributed by atoms with Crippen LogP contribution in [0.3, 0.4) is 0 Å². The van der Waals surface area contributed by atoms with E-state index in [1.165, 1.54) is 77.2 Å². The van der Waals surface area contributed by atoms with Crippen molar-refractivity contribution in [3.05, 3.63) is 193 Å². The molecule has 0 radical (unpaired) electrons. The largest absolute Gasteiger partial charge is 0.310 e. The van der Waals surface area contributed by atoms with Gasteiger partial charge in [-0.3, -0.25) is 0 Å². The van der Waals surface area contributed by atoms with Gasteiger partial charge in [0.1, 0.15) is 0 Å². The van der Waals surface area contributed by atoms with Crippen LogP contribution in [0.25, 0.3) is 43.4 Å². The molecule has 9 aromatic carbocycles. The molecule has 0 unspecified atom stereocenters. The van der Waals surface area contributed by atoms with E-state index in [-0.39, 0.29) is 10.8 Å². The molecule has 0 aromatic heterocycles. The fourth-order valence-electron chi connectivity index (χ4n) is 9.07. The van der Waals surface area contributed by atoms with Gasteiger partial charge < -0.3 is 9.80 Å². The van der Waals surface area contributed by atoms with Crippen molar-refractivity contribution in [2.75, 3.05) is 9.80 Å². The Balaban J connectivity index is 1.22. The van der Waals surface area contributed by atoms with Crippen LogP contribution >= 0.6 is 0 Å². The Morgan fingerprint density at radius 1 is 0.491 bits per heavy atom. The van der Waals surface area contributed by atoms with Crippen LogP contribution in [0.15, 0.2) is 176 Å². The number of para-hydroxylation sites is 4. The van der Waals surface area contributed by atoms with E-state index in [1.807, 2.05) is 0 Å². The highest BCUT2D eigenvalue weighted by atomic mass is 15.2. The number of hydrogen-bond acceptors (Lipinski definition) is 2. The lowest BCUT2D eigenvalue weighted by atomic mass is 9.73. The summed E-state index contributed by atoms with van der Waals surface area (Å²) in [6.07, 6.45) is 0. The fraction of sp³-hybridized carbons (Fsp3) is 0.132. The molecule has 2 heteroatoms. The average Bonchev–Trinajstić information content (AvgIpc) is 3.21. The van der Waals surface area contributed by atoms with E-state index < -0.39 is 0 Å². The lowest BCUT2D eigenvalue weighted by Crippen LogP contribution is -2.30. The Kier molecular flexibility index (Phi) is 7.44. The quantitative estimate of drug-likeness (QED) is 0.164. The van der Waals surface area contributed by atoms with Gasteiger partial charge in [-0.1, -0.05) is 156 Å². The summed E-state index contributed by atoms with van der Waals surface area (Å²) in [5.41, 5.74) is 13.4. The first-order valence-electron chi connectivity index (χ1n) is 19.4. The zero-order chi connectivity index (χ0) is 37.5. The van der Waals surface area contributed by atoms with Crippen LogP contribution in [-0.2, 0) is 10.8 Å². The smallest absolute Gasteiger partial charge is 0.0546 e. The van der Waals surface area contributed by atoms with Crippen molar-refractivity contribution in [2.24, 2.45) is 0 Å². The summed E-state index contributed by atoms with van der Waals surface area (Å²) >= 11 is 0. The van der Waals surface area contributed by atoms with E-state index in [4.69, 9.17) is 0 Å². The van der Waals surface area contributed by atoms with E-state index >= 15 is 0 Å². The fourth-order valence-corrected chi connectivity index (χ4v) is 9.07. The van der Waals surface area contributed by atoms with Crippen molar-refractivity contribution in [3.8, 4) is 11.1 Å². The second-order valence-electron chi connectivity index (χ2n) is 16.6. The van der Waals surface area contributed by atoms with E-state index in [0.717, 1.165) is 17.1 Å². The first-order chi connectivity index (χ1) is 26.7. The van der Waals surface area contributed by atoms with Crippen molar-refractivity contribution < 1.29 is 0 Å². The van der Waals surface area contributed by atoms with Crippen molar-refractivity contribution >= 4 is 66.4 Å². The lowest BCUT2D eigenvalue weighted by molar-refractivity contribution is 0.591. The maximum atomic E-state index is 2.44. The Morgan fingerprint density at radius 3 is 1.55 bits per heavy atom. The van der Waals surface area contributed by atoms with E-state index in [0.29, 0.717) is 0 Å². The molecule has 1 aliphatic heterocycles. The van der Waals surface area contributed by atoms with E-state index in [1.54, 1.807) is 0 Å². The summed E-state index contributed by atoms with van der Waals surface area (Å²) in [4.78, 5) is 4.86. The van der Waals surface area contributed by atoms with E-state index in [2.05, 4.69) is 220 Å². The molecule has 55 heavy (non-hydrogen) atoms. The van der Waals surface area contributed by atoms with Gasteiger partial charge >= 0.3 is 0 Å². The predicted octanol–water partition coefficient (Wildman–Crippen LogP) is 15.1. The highest BCUT2D eigenvalue weighted by molar-refractivity contribution is 6.28. The molecule has 1 heterocycles. The molecule has 1 aliphatic rings. The summed E-state index contributed by atoms with van der Waals surface area (Å²) < 4.78 is 0. The number of fused-ring (bicyclic) bond motifs is 2. The zero-order valence-electron chi connectivity index (χ0n) is 32.1. The molecular weight excluding hydrogens is 665 g/mol. The predicted molar refractivity (Wildman–Crippen MR) is 236 cm³/mol. The summed E-state index contributed by atoms with van der Waals surface area (Å²) in [5.74, 6) is 0. The highest BCUT2D eigenvalue weighted by Crippen LogP contribution is 2.53. The van der Waals surface area contributed by atoms with Crippen molar-refractivity contribution in [1.29, 1.82) is 0 Å². The summed E-state index contributed by atoms with van der Waals surface area (Å²) in [6, 6.07) is 65.2. The first kappa shape index (κ1) is 33.2. The Hall–Kier alpha value is -6.38. The van der Waals surface area contributed by atoms with Gasteiger partial charge in [-0.15, -0.1) is 0 Å². The summed E-state index contributed by atoms with van der Waals surface area (Å²) in [7, 11) is 0. The maximum Gasteiger partial charge on any atom is 0.0546 e. The molecule has 0 atom stereocenters. The standard InChI is InChI=1S/C53H44N2/c1-52(2,3)38-32-36-26-30-42-44(35-24-28-41(29-25-35)55-47-22-14-12-20-45(47)53(4,5)46-21-13-15-23-48(46)55)34-49(43-31-27-37(33-38)50(36)51(42)43)54(39-16-8-6-9-17-39)40-18-10-7-11-19-40/h6-34H,1-5H3. The van der Waals surface area contributed by atoms with Crippen molar-refractivity contribution in [1.82, 2.24) is 0 Å². The molecule has 0 amide bonds. The monoisotopic (exact) mass is 708 g/mol. The maximum absolute atomic E-state index is 2.44. The van der Waals surface area contributed by atoms with Gasteiger partial charge in [0.15, 0.2) is 0 Å². The molecule has 0 spiro atoms. The SMILES string of the molecule is CC(C)(C)c1cc2ccc3c(-c4ccc(N5c6ccccc6C(C)(C)c6ccccc65)cc4)cc(N(c4ccccc4)c4ccccc4)c4ccc(c1)c2c34. The number of rotatable bonds is 5. The molecule has 10 rings (SSSR count). The number of benzene rings is 9. The van der Waals surface area contributed by atoms with Gasteiger partial charge in [0.05, 0.1) is 17.1 Å². The van der Waals surface area contributed by atoms with Gasteiger partial charge in [0.2, 0.25) is 0 Å². The molecule has 0 bridgehead atoms. The molecule has 0 aliphatic carbocycles. The van der Waals surface area contributed by atoms with Gasteiger partial charge in [0.25, 0.3) is 0 Å². The first-order valence-corrected chi connectivity index (χ1v) is 19.4. The molecule has 9 aromatic rings. The van der Waals surface area contributed by atoms with Crippen molar-refractivity contribution in [2.45, 2.75) is 45.4 Å². The number of nitrogens with zero attached hydrogens (tertiary/aromatic N) is 2. The van der Waals surface area contributed by atoms with Gasteiger partial charge in [0, 0.05) is 33.2 Å². The topological polar surface area (TPSA) is 6.48 Å². The lowest BCUT2D eigenvalue weighted by Gasteiger charge is -2.42. The third-order valence-electron chi connectivity index (χ3n) is 11.9. The normalized spacial score (nSPS) is 13.7. The van der Waals surface area contributed by atoms with Crippen molar-refractivity contribution in [3.63, 3.8) is 0 Å². The number of hydrogen-bond donors (Lipinski definition) is 0. The summed E-state index contributed by atoms with van der Waals surface area (Å²) in [5, 5.41) is 7.72. The second kappa shape index (κ2) is 12.3. The number of anilines is 6. The van der Waals surface area contributed by atoms with Crippen LogP contribution in [0.1, 0.15) is 51.3 Å². The minimum Gasteiger partial charge on any atom is -0.310 e. The van der Waals surface area contributed by atoms with Gasteiger partial charge in [-0.2, -0.15) is 0 Å². The summed E-state index contributed by atoms with van der Waals surface area (Å²) in [6.45, 7) is 11.6. The third kappa shape index (κ3) is 5.23. The third-order valence-corrected chi connectivity index (χ3v) is 11.9. The zero-order valence-corrected chi connectivity index (χ0v) is 32.1. The van der Waals surface area contributed by atoms with Crippen LogP contribution in [0, 0.1) is 0 Å². The molecular formula is C53H44N2. The highest BCUT2D eigenvalue weighted by Gasteiger charge is 2.36. The van der Waals surface area contributed by atoms with Crippen LogP contribution in [-0.4, -0.2) is 0 Å². The molecule has 0 N–H and O–H groups in total. The van der Waals surface area contributed by atoms with Gasteiger partial charge in [-0.05, 0) is 109 Å². The minimum atomic E-state index is -0.0984.